The van der Waals surface area contributed by atoms with Crippen molar-refractivity contribution in [3.63, 3.8) is 0 Å². The fourth-order valence-electron chi connectivity index (χ4n) is 3.56. The molecule has 2 atom stereocenters. The minimum Gasteiger partial charge on any atom is -0.491 e. The fourth-order valence-corrected chi connectivity index (χ4v) is 4.93. The van der Waals surface area contributed by atoms with Crippen molar-refractivity contribution >= 4 is 26.9 Å². The number of halogens is 3. The maximum atomic E-state index is 13.1. The number of ether oxygens (including phenoxy) is 2. The standard InChI is InChI=1S/C21H19F3N2O5S/c1-13-12-30-17-9-8-16-15(18(17)19(25(13)2)31-20(27)21(22,23)24)10-11-26(16)32(28,29)14-6-4-3-5-7-14/h3-11,13,19H,12H2,1-2H3/t13-,19?/m0/s1. The molecule has 2 heterocycles. The van der Waals surface area contributed by atoms with Gasteiger partial charge in [-0.1, -0.05) is 18.2 Å². The number of aromatic nitrogens is 1. The van der Waals surface area contributed by atoms with Crippen LogP contribution in [0.15, 0.2) is 59.6 Å². The molecule has 1 unspecified atom stereocenters. The van der Waals surface area contributed by atoms with Gasteiger partial charge in [0, 0.05) is 17.6 Å². The minimum absolute atomic E-state index is 0.0504. The number of hydrogen-bond acceptors (Lipinski definition) is 6. The van der Waals surface area contributed by atoms with E-state index in [1.165, 1.54) is 48.5 Å². The number of alkyl halides is 3. The Hall–Kier alpha value is -3.05. The number of carbonyl (C=O) groups is 1. The van der Waals surface area contributed by atoms with E-state index < -0.39 is 34.4 Å². The van der Waals surface area contributed by atoms with Gasteiger partial charge in [0.05, 0.1) is 16.0 Å². The SMILES string of the molecule is C[C@H]1COc2ccc3c(ccn3S(=O)(=O)c3ccccc3)c2C(OC(=O)C(F)(F)F)N1C. The lowest BCUT2D eigenvalue weighted by atomic mass is 10.1. The molecular formula is C21H19F3N2O5S. The van der Waals surface area contributed by atoms with Crippen LogP contribution in [0.25, 0.3) is 10.9 Å². The van der Waals surface area contributed by atoms with Crippen molar-refractivity contribution in [2.24, 2.45) is 0 Å². The Morgan fingerprint density at radius 3 is 2.47 bits per heavy atom. The maximum Gasteiger partial charge on any atom is 0.490 e. The number of fused-ring (bicyclic) bond motifs is 3. The van der Waals surface area contributed by atoms with Gasteiger partial charge >= 0.3 is 12.1 Å². The van der Waals surface area contributed by atoms with Gasteiger partial charge in [0.2, 0.25) is 0 Å². The predicted octanol–water partition coefficient (Wildman–Crippen LogP) is 3.70. The van der Waals surface area contributed by atoms with Crippen LogP contribution in [0.1, 0.15) is 18.7 Å². The summed E-state index contributed by atoms with van der Waals surface area (Å²) in [5.74, 6) is -2.13. The first-order valence-corrected chi connectivity index (χ1v) is 11.0. The molecule has 1 aromatic heterocycles. The highest BCUT2D eigenvalue weighted by Crippen LogP contribution is 2.41. The number of likely N-dealkylation sites (N-methyl/N-ethyl adjacent to an activating group) is 1. The Morgan fingerprint density at radius 1 is 1.12 bits per heavy atom. The molecule has 11 heteroatoms. The average molecular weight is 468 g/mol. The van der Waals surface area contributed by atoms with E-state index in [1.807, 2.05) is 0 Å². The van der Waals surface area contributed by atoms with Crippen LogP contribution >= 0.6 is 0 Å². The fraction of sp³-hybridized carbons (Fsp3) is 0.286. The molecule has 0 radical (unpaired) electrons. The third-order valence-corrected chi connectivity index (χ3v) is 7.08. The second-order valence-electron chi connectivity index (χ2n) is 7.42. The summed E-state index contributed by atoms with van der Waals surface area (Å²) in [5, 5.41) is 0.294. The molecule has 0 aliphatic carbocycles. The van der Waals surface area contributed by atoms with Crippen LogP contribution < -0.4 is 4.74 Å². The normalized spacial score (nSPS) is 19.8. The van der Waals surface area contributed by atoms with Gasteiger partial charge in [-0.05, 0) is 44.3 Å². The van der Waals surface area contributed by atoms with Crippen LogP contribution in [0.5, 0.6) is 5.75 Å². The van der Waals surface area contributed by atoms with Gasteiger partial charge in [-0.25, -0.2) is 17.2 Å². The molecule has 7 nitrogen and oxygen atoms in total. The smallest absolute Gasteiger partial charge is 0.490 e. The molecule has 32 heavy (non-hydrogen) atoms. The summed E-state index contributed by atoms with van der Waals surface area (Å²) in [4.78, 5) is 13.2. The van der Waals surface area contributed by atoms with E-state index in [2.05, 4.69) is 0 Å². The molecule has 0 spiro atoms. The van der Waals surface area contributed by atoms with E-state index in [1.54, 1.807) is 25.1 Å². The summed E-state index contributed by atoms with van der Waals surface area (Å²) in [5.41, 5.74) is 0.362. The molecule has 170 valence electrons. The lowest BCUT2D eigenvalue weighted by Gasteiger charge is -2.30. The van der Waals surface area contributed by atoms with E-state index >= 15 is 0 Å². The summed E-state index contributed by atoms with van der Waals surface area (Å²) in [6, 6.07) is 11.8. The lowest BCUT2D eigenvalue weighted by Crippen LogP contribution is -2.39. The molecule has 1 aliphatic rings. The first-order chi connectivity index (χ1) is 15.0. The lowest BCUT2D eigenvalue weighted by molar-refractivity contribution is -0.213. The van der Waals surface area contributed by atoms with Crippen molar-refractivity contribution in [3.05, 3.63) is 60.3 Å². The summed E-state index contributed by atoms with van der Waals surface area (Å²) in [6.07, 6.45) is -5.31. The van der Waals surface area contributed by atoms with E-state index in [0.29, 0.717) is 5.39 Å². The quantitative estimate of drug-likeness (QED) is 0.546. The number of benzene rings is 2. The van der Waals surface area contributed by atoms with Crippen molar-refractivity contribution in [2.75, 3.05) is 13.7 Å². The Balaban J connectivity index is 1.90. The van der Waals surface area contributed by atoms with Crippen molar-refractivity contribution in [1.29, 1.82) is 0 Å². The molecule has 3 aromatic rings. The highest BCUT2D eigenvalue weighted by Gasteiger charge is 2.45. The van der Waals surface area contributed by atoms with Crippen LogP contribution in [-0.2, 0) is 19.6 Å². The predicted molar refractivity (Wildman–Crippen MR) is 109 cm³/mol. The number of nitrogens with zero attached hydrogens (tertiary/aromatic N) is 2. The van der Waals surface area contributed by atoms with Crippen molar-refractivity contribution in [3.8, 4) is 5.75 Å². The monoisotopic (exact) mass is 468 g/mol. The van der Waals surface area contributed by atoms with Crippen molar-refractivity contribution in [1.82, 2.24) is 8.87 Å². The number of carbonyl (C=O) groups excluding carboxylic acids is 1. The molecule has 2 aromatic carbocycles. The van der Waals surface area contributed by atoms with Gasteiger partial charge in [0.15, 0.2) is 6.23 Å². The van der Waals surface area contributed by atoms with E-state index in [0.717, 1.165) is 3.97 Å². The van der Waals surface area contributed by atoms with Gasteiger partial charge < -0.3 is 9.47 Å². The van der Waals surface area contributed by atoms with Crippen LogP contribution in [0.2, 0.25) is 0 Å². The van der Waals surface area contributed by atoms with Crippen molar-refractivity contribution < 1.29 is 35.9 Å². The number of rotatable bonds is 3. The van der Waals surface area contributed by atoms with Crippen LogP contribution in [0.4, 0.5) is 13.2 Å². The Morgan fingerprint density at radius 2 is 1.81 bits per heavy atom. The van der Waals surface area contributed by atoms with Gasteiger partial charge in [0.25, 0.3) is 10.0 Å². The zero-order chi connectivity index (χ0) is 23.3. The summed E-state index contributed by atoms with van der Waals surface area (Å²) < 4.78 is 76.8. The average Bonchev–Trinajstić information content (AvgIpc) is 3.15. The minimum atomic E-state index is -5.19. The van der Waals surface area contributed by atoms with Gasteiger partial charge in [-0.3, -0.25) is 4.90 Å². The molecular weight excluding hydrogens is 449 g/mol. The van der Waals surface area contributed by atoms with Gasteiger partial charge in [-0.2, -0.15) is 13.2 Å². The molecule has 0 saturated heterocycles. The highest BCUT2D eigenvalue weighted by molar-refractivity contribution is 7.90. The number of esters is 1. The first kappa shape index (κ1) is 22.2. The summed E-state index contributed by atoms with van der Waals surface area (Å²) in [7, 11) is -2.46. The van der Waals surface area contributed by atoms with E-state index in [-0.39, 0.29) is 28.3 Å². The molecule has 4 rings (SSSR count). The number of hydrogen-bond donors (Lipinski definition) is 0. The molecule has 0 amide bonds. The van der Waals surface area contributed by atoms with E-state index in [9.17, 15) is 26.4 Å². The molecule has 0 bridgehead atoms. The maximum absolute atomic E-state index is 13.1. The molecule has 0 N–H and O–H groups in total. The molecule has 0 saturated carbocycles. The summed E-state index contributed by atoms with van der Waals surface area (Å²) >= 11 is 0. The highest BCUT2D eigenvalue weighted by atomic mass is 32.2. The van der Waals surface area contributed by atoms with Crippen LogP contribution in [0.3, 0.4) is 0 Å². The Bertz CT molecular complexity index is 1270. The zero-order valence-corrected chi connectivity index (χ0v) is 17.9. The second kappa shape index (κ2) is 7.82. The molecule has 0 fully saturated rings. The van der Waals surface area contributed by atoms with E-state index in [4.69, 9.17) is 9.47 Å². The Kier molecular flexibility index (Phi) is 5.41. The topological polar surface area (TPSA) is 77.8 Å². The molecule has 1 aliphatic heterocycles. The Labute approximate surface area is 182 Å². The first-order valence-electron chi connectivity index (χ1n) is 9.59. The van der Waals surface area contributed by atoms with Gasteiger partial charge in [-0.15, -0.1) is 0 Å². The van der Waals surface area contributed by atoms with Crippen LogP contribution in [0, 0.1) is 0 Å². The van der Waals surface area contributed by atoms with Crippen molar-refractivity contribution in [2.45, 2.75) is 30.3 Å². The van der Waals surface area contributed by atoms with Crippen LogP contribution in [-0.4, -0.2) is 49.1 Å². The zero-order valence-electron chi connectivity index (χ0n) is 17.0. The second-order valence-corrected chi connectivity index (χ2v) is 9.24. The van der Waals surface area contributed by atoms with Gasteiger partial charge in [0.1, 0.15) is 12.4 Å². The summed E-state index contributed by atoms with van der Waals surface area (Å²) in [6.45, 7) is 1.85. The largest absolute Gasteiger partial charge is 0.491 e. The third kappa shape index (κ3) is 3.71. The third-order valence-electron chi connectivity index (χ3n) is 5.38.